The van der Waals surface area contributed by atoms with E-state index < -0.39 is 35.6 Å². The minimum atomic E-state index is -4.46. The van der Waals surface area contributed by atoms with E-state index in [1.165, 1.54) is 23.1 Å². The van der Waals surface area contributed by atoms with Gasteiger partial charge in [0.05, 0.1) is 11.5 Å². The molecule has 0 aromatic heterocycles. The molecular weight excluding hydrogens is 325 g/mol. The van der Waals surface area contributed by atoms with Crippen LogP contribution in [0.25, 0.3) is 6.08 Å². The number of carboxylic acid groups (broad SMARTS) is 1. The number of hydrogen-bond acceptors (Lipinski definition) is 3. The summed E-state index contributed by atoms with van der Waals surface area (Å²) in [7, 11) is 0. The molecule has 1 heterocycles. The summed E-state index contributed by atoms with van der Waals surface area (Å²) in [4.78, 5) is 24.5. The van der Waals surface area contributed by atoms with E-state index >= 15 is 0 Å². The van der Waals surface area contributed by atoms with Gasteiger partial charge in [-0.05, 0) is 30.2 Å². The number of halogens is 3. The van der Waals surface area contributed by atoms with E-state index in [0.29, 0.717) is 0 Å². The number of carbonyl (C=O) groups is 2. The first kappa shape index (κ1) is 18.0. The Balaban J connectivity index is 2.09. The molecule has 0 radical (unpaired) electrons. The van der Waals surface area contributed by atoms with Crippen LogP contribution in [-0.4, -0.2) is 41.0 Å². The molecule has 1 aromatic rings. The zero-order valence-electron chi connectivity index (χ0n) is 12.7. The van der Waals surface area contributed by atoms with Gasteiger partial charge in [0, 0.05) is 25.2 Å². The van der Waals surface area contributed by atoms with Crippen molar-refractivity contribution in [2.75, 3.05) is 13.1 Å². The maximum Gasteiger partial charge on any atom is 0.416 e. The quantitative estimate of drug-likeness (QED) is 0.823. The van der Waals surface area contributed by atoms with Crippen molar-refractivity contribution in [3.63, 3.8) is 0 Å². The minimum absolute atomic E-state index is 0.0365. The summed E-state index contributed by atoms with van der Waals surface area (Å²) in [6.45, 7) is 0.254. The topological polar surface area (TPSA) is 83.6 Å². The first-order chi connectivity index (χ1) is 11.2. The zero-order valence-corrected chi connectivity index (χ0v) is 12.7. The largest absolute Gasteiger partial charge is 0.481 e. The van der Waals surface area contributed by atoms with Gasteiger partial charge in [0.25, 0.3) is 0 Å². The number of hydrogen-bond donors (Lipinski definition) is 2. The molecule has 0 saturated carbocycles. The van der Waals surface area contributed by atoms with Gasteiger partial charge in [-0.3, -0.25) is 9.59 Å². The molecule has 1 saturated heterocycles. The van der Waals surface area contributed by atoms with Crippen LogP contribution in [0, 0.1) is 5.92 Å². The lowest BCUT2D eigenvalue weighted by molar-refractivity contribution is -0.145. The summed E-state index contributed by atoms with van der Waals surface area (Å²) in [5, 5.41) is 9.05. The molecule has 8 heteroatoms. The number of amides is 1. The maximum atomic E-state index is 12.7. The molecule has 2 atom stereocenters. The highest BCUT2D eigenvalue weighted by atomic mass is 19.4. The standard InChI is InChI=1S/C16H17F3N2O3/c17-16(18,19)12-3-1-2-10(6-12)4-5-14(22)21-8-11(15(23)24)7-13(20)9-21/h1-6,11,13H,7-9,20H2,(H,23,24)/b5-4+. The fraction of sp³-hybridized carbons (Fsp3) is 0.375. The molecular formula is C16H17F3N2O3. The third-order valence-corrected chi connectivity index (χ3v) is 3.78. The molecule has 130 valence electrons. The number of benzene rings is 1. The molecule has 0 aliphatic carbocycles. The number of alkyl halides is 3. The Labute approximate surface area is 136 Å². The van der Waals surface area contributed by atoms with E-state index in [-0.39, 0.29) is 25.1 Å². The fourth-order valence-electron chi connectivity index (χ4n) is 2.59. The van der Waals surface area contributed by atoms with Gasteiger partial charge in [-0.2, -0.15) is 13.2 Å². The monoisotopic (exact) mass is 342 g/mol. The number of aliphatic carboxylic acids is 1. The summed E-state index contributed by atoms with van der Waals surface area (Å²) in [5.74, 6) is -2.24. The van der Waals surface area contributed by atoms with Crippen molar-refractivity contribution in [1.82, 2.24) is 4.90 Å². The van der Waals surface area contributed by atoms with Crippen molar-refractivity contribution in [3.8, 4) is 0 Å². The Kier molecular flexibility index (Phi) is 5.28. The Hall–Kier alpha value is -2.35. The van der Waals surface area contributed by atoms with Gasteiger partial charge in [-0.25, -0.2) is 0 Å². The lowest BCUT2D eigenvalue weighted by atomic mass is 9.95. The Morgan fingerprint density at radius 1 is 1.29 bits per heavy atom. The molecule has 0 bridgehead atoms. The summed E-state index contributed by atoms with van der Waals surface area (Å²) < 4.78 is 38.0. The predicted molar refractivity (Wildman–Crippen MR) is 80.8 cm³/mol. The summed E-state index contributed by atoms with van der Waals surface area (Å²) in [6.07, 6.45) is -1.77. The van der Waals surface area contributed by atoms with E-state index in [1.54, 1.807) is 0 Å². The normalized spacial score (nSPS) is 21.9. The average molecular weight is 342 g/mol. The zero-order chi connectivity index (χ0) is 17.9. The Morgan fingerprint density at radius 3 is 2.62 bits per heavy atom. The smallest absolute Gasteiger partial charge is 0.416 e. The summed E-state index contributed by atoms with van der Waals surface area (Å²) in [6, 6.07) is 4.14. The summed E-state index contributed by atoms with van der Waals surface area (Å²) in [5.41, 5.74) is 5.19. The molecule has 1 fully saturated rings. The lowest BCUT2D eigenvalue weighted by Gasteiger charge is -2.33. The third kappa shape index (κ3) is 4.58. The van der Waals surface area contributed by atoms with Crippen molar-refractivity contribution < 1.29 is 27.9 Å². The molecule has 2 unspecified atom stereocenters. The maximum absolute atomic E-state index is 12.7. The van der Waals surface area contributed by atoms with E-state index in [2.05, 4.69) is 0 Å². The van der Waals surface area contributed by atoms with Gasteiger partial charge in [0.15, 0.2) is 0 Å². The molecule has 1 amide bonds. The highest BCUT2D eigenvalue weighted by Gasteiger charge is 2.32. The second-order valence-corrected chi connectivity index (χ2v) is 5.73. The van der Waals surface area contributed by atoms with Gasteiger partial charge >= 0.3 is 12.1 Å². The van der Waals surface area contributed by atoms with Crippen LogP contribution in [0.15, 0.2) is 30.3 Å². The first-order valence-corrected chi connectivity index (χ1v) is 7.29. The van der Waals surface area contributed by atoms with E-state index in [0.717, 1.165) is 18.2 Å². The van der Waals surface area contributed by atoms with Crippen LogP contribution in [0.1, 0.15) is 17.5 Å². The Morgan fingerprint density at radius 2 is 2.00 bits per heavy atom. The van der Waals surface area contributed by atoms with Gasteiger partial charge in [0.1, 0.15) is 0 Å². The van der Waals surface area contributed by atoms with E-state index in [9.17, 15) is 22.8 Å². The predicted octanol–water partition coefficient (Wildman–Crippen LogP) is 1.98. The van der Waals surface area contributed by atoms with Gasteiger partial charge in [-0.1, -0.05) is 12.1 Å². The van der Waals surface area contributed by atoms with Crippen molar-refractivity contribution >= 4 is 18.0 Å². The number of carbonyl (C=O) groups excluding carboxylic acids is 1. The molecule has 1 aliphatic heterocycles. The highest BCUT2D eigenvalue weighted by molar-refractivity contribution is 5.92. The van der Waals surface area contributed by atoms with Crippen molar-refractivity contribution in [1.29, 1.82) is 0 Å². The molecule has 24 heavy (non-hydrogen) atoms. The van der Waals surface area contributed by atoms with Crippen LogP contribution in [0.2, 0.25) is 0 Å². The molecule has 2 rings (SSSR count). The first-order valence-electron chi connectivity index (χ1n) is 7.29. The number of likely N-dealkylation sites (tertiary alicyclic amines) is 1. The molecule has 3 N–H and O–H groups in total. The number of nitrogens with zero attached hydrogens (tertiary/aromatic N) is 1. The second kappa shape index (κ2) is 7.04. The lowest BCUT2D eigenvalue weighted by Crippen LogP contribution is -2.50. The average Bonchev–Trinajstić information content (AvgIpc) is 2.51. The van der Waals surface area contributed by atoms with Crippen molar-refractivity contribution in [2.45, 2.75) is 18.6 Å². The van der Waals surface area contributed by atoms with Crippen LogP contribution in [0.4, 0.5) is 13.2 Å². The number of piperidine rings is 1. The SMILES string of the molecule is NC1CC(C(=O)O)CN(C(=O)/C=C/c2cccc(C(F)(F)F)c2)C1. The van der Waals surface area contributed by atoms with Crippen LogP contribution in [0.3, 0.4) is 0 Å². The number of rotatable bonds is 3. The highest BCUT2D eigenvalue weighted by Crippen LogP contribution is 2.29. The van der Waals surface area contributed by atoms with E-state index in [4.69, 9.17) is 10.8 Å². The number of nitrogens with two attached hydrogens (primary N) is 1. The Bertz CT molecular complexity index is 658. The van der Waals surface area contributed by atoms with Crippen LogP contribution in [-0.2, 0) is 15.8 Å². The van der Waals surface area contributed by atoms with Crippen molar-refractivity contribution in [2.24, 2.45) is 11.7 Å². The minimum Gasteiger partial charge on any atom is -0.481 e. The second-order valence-electron chi connectivity index (χ2n) is 5.73. The van der Waals surface area contributed by atoms with Gasteiger partial charge in [0.2, 0.25) is 5.91 Å². The molecule has 0 spiro atoms. The molecule has 1 aliphatic rings. The van der Waals surface area contributed by atoms with Crippen LogP contribution in [0.5, 0.6) is 0 Å². The fourth-order valence-corrected chi connectivity index (χ4v) is 2.59. The summed E-state index contributed by atoms with van der Waals surface area (Å²) >= 11 is 0. The van der Waals surface area contributed by atoms with Crippen LogP contribution >= 0.6 is 0 Å². The van der Waals surface area contributed by atoms with Gasteiger partial charge in [-0.15, -0.1) is 0 Å². The third-order valence-electron chi connectivity index (χ3n) is 3.78. The van der Waals surface area contributed by atoms with Crippen LogP contribution < -0.4 is 5.73 Å². The van der Waals surface area contributed by atoms with Crippen molar-refractivity contribution in [3.05, 3.63) is 41.5 Å². The van der Waals surface area contributed by atoms with E-state index in [1.807, 2.05) is 0 Å². The molecule has 5 nitrogen and oxygen atoms in total. The number of carboxylic acids is 1. The molecule has 1 aromatic carbocycles. The van der Waals surface area contributed by atoms with Gasteiger partial charge < -0.3 is 15.7 Å².